The van der Waals surface area contributed by atoms with Gasteiger partial charge in [0, 0.05) is 6.54 Å². The lowest BCUT2D eigenvalue weighted by atomic mass is 10.2. The van der Waals surface area contributed by atoms with Crippen LogP contribution in [0.4, 0.5) is 0 Å². The van der Waals surface area contributed by atoms with Gasteiger partial charge >= 0.3 is 5.97 Å². The van der Waals surface area contributed by atoms with Gasteiger partial charge in [-0.15, -0.1) is 0 Å². The molecule has 1 atom stereocenters. The first-order valence-electron chi connectivity index (χ1n) is 6.73. The van der Waals surface area contributed by atoms with E-state index in [2.05, 4.69) is 24.1 Å². The van der Waals surface area contributed by atoms with Crippen LogP contribution in [0.5, 0.6) is 0 Å². The maximum Gasteiger partial charge on any atom is 0.322 e. The fourth-order valence-corrected chi connectivity index (χ4v) is 1.97. The lowest BCUT2D eigenvalue weighted by molar-refractivity contribution is -0.143. The highest BCUT2D eigenvalue weighted by Crippen LogP contribution is 2.01. The molecule has 0 aromatic rings. The molecule has 4 heteroatoms. The first-order valence-corrected chi connectivity index (χ1v) is 6.73. The fraction of sp³-hybridized carbons (Fsp3) is 0.923. The molecule has 0 spiro atoms. The SMILES string of the molecule is CCCN(CCC)CCC(NCC)C(=O)OC. The second kappa shape index (κ2) is 10.5. The third-order valence-electron chi connectivity index (χ3n) is 2.75. The number of hydrogen-bond acceptors (Lipinski definition) is 4. The van der Waals surface area contributed by atoms with Crippen molar-refractivity contribution >= 4 is 5.97 Å². The van der Waals surface area contributed by atoms with Gasteiger partial charge in [-0.3, -0.25) is 4.79 Å². The molecular formula is C13H28N2O2. The van der Waals surface area contributed by atoms with E-state index in [4.69, 9.17) is 4.74 Å². The smallest absolute Gasteiger partial charge is 0.322 e. The summed E-state index contributed by atoms with van der Waals surface area (Å²) in [6, 6.07) is -0.166. The van der Waals surface area contributed by atoms with E-state index in [0.29, 0.717) is 0 Å². The Kier molecular flexibility index (Phi) is 10.2. The van der Waals surface area contributed by atoms with Crippen molar-refractivity contribution in [1.29, 1.82) is 0 Å². The zero-order chi connectivity index (χ0) is 13.1. The Hall–Kier alpha value is -0.610. The second-order valence-electron chi connectivity index (χ2n) is 4.26. The zero-order valence-corrected chi connectivity index (χ0v) is 11.8. The first-order chi connectivity index (χ1) is 8.19. The zero-order valence-electron chi connectivity index (χ0n) is 11.8. The summed E-state index contributed by atoms with van der Waals surface area (Å²) in [5.41, 5.74) is 0. The average molecular weight is 244 g/mol. The molecule has 0 heterocycles. The van der Waals surface area contributed by atoms with Crippen LogP contribution in [0.1, 0.15) is 40.0 Å². The van der Waals surface area contributed by atoms with Gasteiger partial charge in [-0.25, -0.2) is 0 Å². The van der Waals surface area contributed by atoms with Crippen molar-refractivity contribution < 1.29 is 9.53 Å². The van der Waals surface area contributed by atoms with Crippen molar-refractivity contribution in [3.8, 4) is 0 Å². The number of rotatable bonds is 10. The molecule has 17 heavy (non-hydrogen) atoms. The maximum absolute atomic E-state index is 11.5. The van der Waals surface area contributed by atoms with E-state index in [1.807, 2.05) is 6.92 Å². The minimum atomic E-state index is -0.166. The van der Waals surface area contributed by atoms with E-state index in [1.54, 1.807) is 0 Å². The van der Waals surface area contributed by atoms with E-state index >= 15 is 0 Å². The Morgan fingerprint density at radius 1 is 1.18 bits per heavy atom. The molecular weight excluding hydrogens is 216 g/mol. The van der Waals surface area contributed by atoms with E-state index in [1.165, 1.54) is 7.11 Å². The molecule has 0 radical (unpaired) electrons. The number of nitrogens with one attached hydrogen (secondary N) is 1. The summed E-state index contributed by atoms with van der Waals surface area (Å²) in [7, 11) is 1.45. The quantitative estimate of drug-likeness (QED) is 0.593. The van der Waals surface area contributed by atoms with Gasteiger partial charge in [-0.2, -0.15) is 0 Å². The summed E-state index contributed by atoms with van der Waals surface area (Å²) in [5.74, 6) is -0.153. The minimum Gasteiger partial charge on any atom is -0.468 e. The Balaban J connectivity index is 4.10. The third-order valence-corrected chi connectivity index (χ3v) is 2.75. The molecule has 0 fully saturated rings. The molecule has 1 N–H and O–H groups in total. The van der Waals surface area contributed by atoms with Crippen LogP contribution < -0.4 is 5.32 Å². The van der Waals surface area contributed by atoms with Crippen LogP contribution in [0.25, 0.3) is 0 Å². The van der Waals surface area contributed by atoms with Crippen molar-refractivity contribution in [3.05, 3.63) is 0 Å². The normalized spacial score (nSPS) is 12.8. The van der Waals surface area contributed by atoms with Crippen molar-refractivity contribution in [2.45, 2.75) is 46.1 Å². The Morgan fingerprint density at radius 2 is 1.76 bits per heavy atom. The van der Waals surface area contributed by atoms with Crippen LogP contribution in [-0.2, 0) is 9.53 Å². The van der Waals surface area contributed by atoms with Gasteiger partial charge in [0.05, 0.1) is 7.11 Å². The molecule has 1 unspecified atom stereocenters. The van der Waals surface area contributed by atoms with Crippen molar-refractivity contribution in [1.82, 2.24) is 10.2 Å². The molecule has 102 valence electrons. The standard InChI is InChI=1S/C13H28N2O2/c1-5-9-15(10-6-2)11-8-12(14-7-3)13(16)17-4/h12,14H,5-11H2,1-4H3. The van der Waals surface area contributed by atoms with Gasteiger partial charge in [0.15, 0.2) is 0 Å². The molecule has 0 aliphatic carbocycles. The van der Waals surface area contributed by atoms with Gasteiger partial charge in [0.2, 0.25) is 0 Å². The van der Waals surface area contributed by atoms with E-state index in [9.17, 15) is 4.79 Å². The minimum absolute atomic E-state index is 0.153. The maximum atomic E-state index is 11.5. The highest BCUT2D eigenvalue weighted by molar-refractivity contribution is 5.75. The van der Waals surface area contributed by atoms with Crippen LogP contribution in [0.2, 0.25) is 0 Å². The van der Waals surface area contributed by atoms with Crippen LogP contribution in [0.15, 0.2) is 0 Å². The van der Waals surface area contributed by atoms with Crippen LogP contribution in [-0.4, -0.2) is 50.2 Å². The molecule has 4 nitrogen and oxygen atoms in total. The van der Waals surface area contributed by atoms with E-state index < -0.39 is 0 Å². The number of esters is 1. The molecule has 0 rings (SSSR count). The molecule has 0 aromatic heterocycles. The number of ether oxygens (including phenoxy) is 1. The second-order valence-corrected chi connectivity index (χ2v) is 4.26. The van der Waals surface area contributed by atoms with Gasteiger partial charge in [-0.05, 0) is 38.9 Å². The first kappa shape index (κ1) is 16.4. The molecule has 0 bridgehead atoms. The number of carbonyl (C=O) groups excluding carboxylic acids is 1. The van der Waals surface area contributed by atoms with E-state index in [0.717, 1.165) is 45.4 Å². The summed E-state index contributed by atoms with van der Waals surface area (Å²) < 4.78 is 4.80. The molecule has 0 saturated heterocycles. The summed E-state index contributed by atoms with van der Waals surface area (Å²) in [6.45, 7) is 10.3. The topological polar surface area (TPSA) is 41.6 Å². The summed E-state index contributed by atoms with van der Waals surface area (Å²) in [4.78, 5) is 13.9. The Labute approximate surface area is 106 Å². The molecule has 0 saturated carbocycles. The highest BCUT2D eigenvalue weighted by Gasteiger charge is 2.18. The predicted molar refractivity (Wildman–Crippen MR) is 71.1 cm³/mol. The fourth-order valence-electron chi connectivity index (χ4n) is 1.97. The summed E-state index contributed by atoms with van der Waals surface area (Å²) in [6.07, 6.45) is 3.13. The van der Waals surface area contributed by atoms with E-state index in [-0.39, 0.29) is 12.0 Å². The van der Waals surface area contributed by atoms with Gasteiger partial charge in [-0.1, -0.05) is 20.8 Å². The molecule has 0 aromatic carbocycles. The predicted octanol–water partition coefficient (Wildman–Crippen LogP) is 1.65. The molecule has 0 amide bonds. The number of likely N-dealkylation sites (N-methyl/N-ethyl adjacent to an activating group) is 1. The summed E-state index contributed by atoms with van der Waals surface area (Å²) >= 11 is 0. The lowest BCUT2D eigenvalue weighted by Crippen LogP contribution is -2.40. The van der Waals surface area contributed by atoms with Gasteiger partial charge in [0.1, 0.15) is 6.04 Å². The van der Waals surface area contributed by atoms with Crippen molar-refractivity contribution in [2.24, 2.45) is 0 Å². The molecule has 0 aliphatic heterocycles. The lowest BCUT2D eigenvalue weighted by Gasteiger charge is -2.23. The van der Waals surface area contributed by atoms with Crippen LogP contribution in [0, 0.1) is 0 Å². The van der Waals surface area contributed by atoms with Crippen molar-refractivity contribution in [2.75, 3.05) is 33.3 Å². The number of nitrogens with zero attached hydrogens (tertiary/aromatic N) is 1. The number of carbonyl (C=O) groups is 1. The van der Waals surface area contributed by atoms with Crippen molar-refractivity contribution in [3.63, 3.8) is 0 Å². The summed E-state index contributed by atoms with van der Waals surface area (Å²) in [5, 5.41) is 3.17. The number of hydrogen-bond donors (Lipinski definition) is 1. The Morgan fingerprint density at radius 3 is 2.18 bits per heavy atom. The van der Waals surface area contributed by atoms with Crippen LogP contribution >= 0.6 is 0 Å². The Bertz CT molecular complexity index is 192. The third kappa shape index (κ3) is 7.34. The number of methoxy groups -OCH3 is 1. The van der Waals surface area contributed by atoms with Gasteiger partial charge < -0.3 is 15.0 Å². The van der Waals surface area contributed by atoms with Crippen LogP contribution in [0.3, 0.4) is 0 Å². The molecule has 0 aliphatic rings. The average Bonchev–Trinajstić information content (AvgIpc) is 2.33. The highest BCUT2D eigenvalue weighted by atomic mass is 16.5. The monoisotopic (exact) mass is 244 g/mol. The largest absolute Gasteiger partial charge is 0.468 e. The van der Waals surface area contributed by atoms with Gasteiger partial charge in [0.25, 0.3) is 0 Å².